The van der Waals surface area contributed by atoms with E-state index in [4.69, 9.17) is 28.4 Å². The Morgan fingerprint density at radius 1 is 0.381 bits per heavy atom. The Bertz CT molecular complexity index is 1400. The first-order valence-corrected chi connectivity index (χ1v) is 15.0. The van der Waals surface area contributed by atoms with Crippen molar-refractivity contribution in [2.24, 2.45) is 106 Å². The molecule has 12 nitrogen and oxygen atoms in total. The summed E-state index contributed by atoms with van der Waals surface area (Å²) in [6.07, 6.45) is 0. The summed E-state index contributed by atoms with van der Waals surface area (Å²) in [5.74, 6) is -7.34. The molecule has 20 atom stereocenters. The first-order valence-electron chi connectivity index (χ1n) is 15.0. The van der Waals surface area contributed by atoms with E-state index in [1.807, 2.05) is 0 Å². The van der Waals surface area contributed by atoms with E-state index in [0.29, 0.717) is 0 Å². The summed E-state index contributed by atoms with van der Waals surface area (Å²) in [7, 11) is 5.03. The van der Waals surface area contributed by atoms with Gasteiger partial charge in [-0.05, 0) is 71.0 Å². The van der Waals surface area contributed by atoms with E-state index in [9.17, 15) is 28.8 Å². The molecule has 0 radical (unpaired) electrons. The second-order valence-corrected chi connectivity index (χ2v) is 14.9. The van der Waals surface area contributed by atoms with Gasteiger partial charge in [0.15, 0.2) is 0 Å². The van der Waals surface area contributed by atoms with E-state index in [2.05, 4.69) is 0 Å². The number of hydrogen-bond acceptors (Lipinski definition) is 12. The van der Waals surface area contributed by atoms with Crippen molar-refractivity contribution in [3.05, 3.63) is 0 Å². The summed E-state index contributed by atoms with van der Waals surface area (Å²) in [6.45, 7) is 0. The zero-order chi connectivity index (χ0) is 28.9. The van der Waals surface area contributed by atoms with Crippen molar-refractivity contribution in [1.29, 1.82) is 0 Å². The molecule has 0 saturated heterocycles. The van der Waals surface area contributed by atoms with Gasteiger partial charge in [0.05, 0.1) is 28.4 Å². The second kappa shape index (κ2) is 5.95. The van der Waals surface area contributed by atoms with Crippen molar-refractivity contribution >= 4 is 35.8 Å². The molecule has 0 aromatic rings. The van der Waals surface area contributed by atoms with Gasteiger partial charge in [-0.15, -0.1) is 0 Å². The Morgan fingerprint density at radius 2 is 0.643 bits per heavy atom. The van der Waals surface area contributed by atoms with Gasteiger partial charge in [0.25, 0.3) is 0 Å². The smallest absolute Gasteiger partial charge is 0.418 e. The van der Waals surface area contributed by atoms with Crippen LogP contribution in [0.1, 0.15) is 0 Å². The second-order valence-electron chi connectivity index (χ2n) is 14.9. The quantitative estimate of drug-likeness (QED) is 0.233. The van der Waals surface area contributed by atoms with Crippen LogP contribution in [0.3, 0.4) is 0 Å². The van der Waals surface area contributed by atoms with Gasteiger partial charge in [-0.1, -0.05) is 0 Å². The first kappa shape index (κ1) is 23.3. The fraction of sp³-hybridized carbons (Fsp3) is 0.800. The maximum Gasteiger partial charge on any atom is 0.418 e. The van der Waals surface area contributed by atoms with Crippen LogP contribution in [0.2, 0.25) is 0 Å². The molecule has 0 amide bonds. The Labute approximate surface area is 238 Å². The average Bonchev–Trinajstić information content (AvgIpc) is 3.81. The zero-order valence-corrected chi connectivity index (χ0v) is 23.1. The molecule has 0 aromatic heterocycles. The lowest BCUT2D eigenvalue weighted by atomic mass is 9.59. The van der Waals surface area contributed by atoms with Gasteiger partial charge in [-0.3, -0.25) is 9.59 Å². The Kier molecular flexibility index (Phi) is 3.30. The molecule has 12 saturated carbocycles. The van der Waals surface area contributed by atoms with Crippen LogP contribution in [0.25, 0.3) is 0 Å². The van der Waals surface area contributed by atoms with E-state index in [1.165, 1.54) is 14.2 Å². The minimum Gasteiger partial charge on any atom is -0.468 e. The summed E-state index contributed by atoms with van der Waals surface area (Å²) >= 11 is 0. The maximum atomic E-state index is 14.4. The highest BCUT2D eigenvalue weighted by molar-refractivity contribution is 6.30. The van der Waals surface area contributed by atoms with E-state index >= 15 is 0 Å². The minimum atomic E-state index is -1.21. The molecule has 0 spiro atoms. The molecule has 0 heterocycles. The third-order valence-electron chi connectivity index (χ3n) is 16.1. The molecule has 0 aliphatic heterocycles. The SMILES string of the molecule is COC(=O)C(=O)OC12[C@@H]3C4C5[C@@H]1[C@@H]1[C@@H]6[C@H]5C5(OC(=O)C(=O)OC)[C@H]4[C@@H]4[C@H]3[C@H]3C7C([C@@H]1C32C(=O)OC)[C@@H]6C5(C(=O)OC)[C@@H]74. The van der Waals surface area contributed by atoms with Gasteiger partial charge in [0.2, 0.25) is 0 Å². The number of carbonyl (C=O) groups excluding carboxylic acids is 6. The average molecular weight is 581 g/mol. The van der Waals surface area contributed by atoms with Crippen molar-refractivity contribution < 1.29 is 57.2 Å². The summed E-state index contributed by atoms with van der Waals surface area (Å²) in [4.78, 5) is 80.5. The van der Waals surface area contributed by atoms with Crippen molar-refractivity contribution in [3.63, 3.8) is 0 Å². The monoisotopic (exact) mass is 580 g/mol. The van der Waals surface area contributed by atoms with Crippen LogP contribution in [0.5, 0.6) is 0 Å². The van der Waals surface area contributed by atoms with E-state index < -0.39 is 45.9 Å². The highest BCUT2D eigenvalue weighted by Gasteiger charge is 3.13. The fourth-order valence-corrected chi connectivity index (χ4v) is 17.6. The largest absolute Gasteiger partial charge is 0.468 e. The lowest BCUT2D eigenvalue weighted by Crippen LogP contribution is -2.63. The van der Waals surface area contributed by atoms with Gasteiger partial charge in [-0.2, -0.15) is 0 Å². The van der Waals surface area contributed by atoms with Gasteiger partial charge in [0, 0.05) is 23.7 Å². The standard InChI is InChI=1S/C30H28O12/c1-37-21(31)23(33)41-29-17-7-9-15-5-6-14(27(29,13(5)7)25(35)39-3)8-10-16(6)28(15,26(36)40-4)30(42-24(34)22(32)38-2)19(9)11(17)12(18(8)29)20(10)30/h5-20H,1-4H3/t5?,6?,7-,8+,9+,10-,11?,12?,13-,14-,15-,16+,17+,18-,19-,20-,27?,28?,29?,30?/m0/s1. The van der Waals surface area contributed by atoms with Crippen LogP contribution in [0.15, 0.2) is 0 Å². The molecule has 12 heteroatoms. The van der Waals surface area contributed by atoms with Gasteiger partial charge in [0.1, 0.15) is 22.0 Å². The third-order valence-corrected chi connectivity index (χ3v) is 16.1. The van der Waals surface area contributed by atoms with Crippen molar-refractivity contribution in [2.45, 2.75) is 11.2 Å². The van der Waals surface area contributed by atoms with Crippen LogP contribution in [0, 0.1) is 106 Å². The Balaban J connectivity index is 1.23. The van der Waals surface area contributed by atoms with Crippen LogP contribution in [0.4, 0.5) is 0 Å². The highest BCUT2D eigenvalue weighted by atomic mass is 16.6. The molecule has 0 N–H and O–H groups in total. The number of hydrogen-bond donors (Lipinski definition) is 0. The molecule has 12 rings (SSSR count). The fourth-order valence-electron chi connectivity index (χ4n) is 17.6. The molecule has 12 aliphatic carbocycles. The van der Waals surface area contributed by atoms with Crippen LogP contribution in [-0.4, -0.2) is 75.5 Å². The summed E-state index contributed by atoms with van der Waals surface area (Å²) < 4.78 is 33.7. The molecule has 220 valence electrons. The van der Waals surface area contributed by atoms with Crippen LogP contribution in [-0.2, 0) is 57.2 Å². The third kappa shape index (κ3) is 1.44. The van der Waals surface area contributed by atoms with Crippen LogP contribution < -0.4 is 0 Å². The zero-order valence-electron chi connectivity index (χ0n) is 23.1. The molecule has 0 aromatic carbocycles. The van der Waals surface area contributed by atoms with Crippen molar-refractivity contribution in [1.82, 2.24) is 0 Å². The van der Waals surface area contributed by atoms with Gasteiger partial charge < -0.3 is 28.4 Å². The molecule has 8 unspecified atom stereocenters. The van der Waals surface area contributed by atoms with E-state index in [-0.39, 0.29) is 107 Å². The lowest BCUT2D eigenvalue weighted by Gasteiger charge is -2.49. The molecule has 12 fully saturated rings. The number of methoxy groups -OCH3 is 4. The van der Waals surface area contributed by atoms with Crippen molar-refractivity contribution in [2.75, 3.05) is 28.4 Å². The lowest BCUT2D eigenvalue weighted by molar-refractivity contribution is -0.215. The maximum absolute atomic E-state index is 14.4. The molecule has 12 aliphatic rings. The molecular formula is C30H28O12. The normalized spacial score (nSPS) is 63.7. The Hall–Kier alpha value is -3.18. The number of rotatable bonds is 4. The Morgan fingerprint density at radius 3 is 0.905 bits per heavy atom. The summed E-state index contributed by atoms with van der Waals surface area (Å²) in [5.41, 5.74) is -4.60. The highest BCUT2D eigenvalue weighted by Crippen LogP contribution is 3.08. The summed E-state index contributed by atoms with van der Waals surface area (Å²) in [6, 6.07) is 0. The van der Waals surface area contributed by atoms with Gasteiger partial charge in [-0.25, -0.2) is 19.2 Å². The minimum absolute atomic E-state index is 0.0411. The first-order chi connectivity index (χ1) is 20.2. The number of esters is 6. The predicted octanol–water partition coefficient (Wildman–Crippen LogP) is -0.776. The van der Waals surface area contributed by atoms with Gasteiger partial charge >= 0.3 is 35.8 Å². The van der Waals surface area contributed by atoms with Crippen molar-refractivity contribution in [3.8, 4) is 0 Å². The topological polar surface area (TPSA) is 158 Å². The van der Waals surface area contributed by atoms with E-state index in [1.54, 1.807) is 0 Å². The van der Waals surface area contributed by atoms with Crippen LogP contribution >= 0.6 is 0 Å². The molecule has 0 bridgehead atoms. The predicted molar refractivity (Wildman–Crippen MR) is 126 cm³/mol. The number of carbonyl (C=O) groups is 6. The molecule has 42 heavy (non-hydrogen) atoms. The molecular weight excluding hydrogens is 552 g/mol. The number of ether oxygens (including phenoxy) is 6. The summed E-state index contributed by atoms with van der Waals surface area (Å²) in [5, 5.41) is 0. The van der Waals surface area contributed by atoms with E-state index in [0.717, 1.165) is 14.2 Å².